The zero-order chi connectivity index (χ0) is 51.3. The normalized spacial score (nSPS) is 11.1. The van der Waals surface area contributed by atoms with Crippen molar-refractivity contribution in [3.8, 4) is 22.3 Å². The third kappa shape index (κ3) is 9.46. The zero-order valence-corrected chi connectivity index (χ0v) is 42.2. The van der Waals surface area contributed by atoms with Gasteiger partial charge in [-0.05, 0) is 180 Å². The molecule has 1 aromatic heterocycles. The lowest BCUT2D eigenvalue weighted by molar-refractivity contribution is 0.669. The Kier molecular flexibility index (Phi) is 12.6. The van der Waals surface area contributed by atoms with Gasteiger partial charge in [0.05, 0.1) is 0 Å². The van der Waals surface area contributed by atoms with Crippen molar-refractivity contribution in [1.82, 2.24) is 0 Å². The molecule has 12 aromatic carbocycles. The van der Waals surface area contributed by atoms with Crippen LogP contribution < -0.4 is 19.6 Å². The molecule has 0 aliphatic rings. The quantitative estimate of drug-likeness (QED) is 0.108. The van der Waals surface area contributed by atoms with Gasteiger partial charge in [-0.25, -0.2) is 0 Å². The molecule has 5 nitrogen and oxygen atoms in total. The van der Waals surface area contributed by atoms with Gasteiger partial charge in [-0.1, -0.05) is 158 Å². The van der Waals surface area contributed by atoms with Gasteiger partial charge in [0.2, 0.25) is 0 Å². The highest BCUT2D eigenvalue weighted by molar-refractivity contribution is 6.08. The van der Waals surface area contributed by atoms with Crippen molar-refractivity contribution < 1.29 is 4.42 Å². The maximum Gasteiger partial charge on any atom is 0.135 e. The summed E-state index contributed by atoms with van der Waals surface area (Å²) in [6, 6.07) is 112. The van der Waals surface area contributed by atoms with Crippen LogP contribution >= 0.6 is 0 Å². The average Bonchev–Trinajstić information content (AvgIpc) is 3.88. The molecule has 13 rings (SSSR count). The van der Waals surface area contributed by atoms with E-state index in [1.54, 1.807) is 0 Å². The van der Waals surface area contributed by atoms with Crippen molar-refractivity contribution in [2.45, 2.75) is 0 Å². The van der Waals surface area contributed by atoms with Crippen LogP contribution in [0, 0.1) is 0 Å². The van der Waals surface area contributed by atoms with Gasteiger partial charge < -0.3 is 24.0 Å². The Labute approximate surface area is 449 Å². The van der Waals surface area contributed by atoms with Gasteiger partial charge in [0.15, 0.2) is 0 Å². The van der Waals surface area contributed by atoms with E-state index in [0.29, 0.717) is 0 Å². The van der Waals surface area contributed by atoms with Gasteiger partial charge in [0, 0.05) is 79.0 Å². The van der Waals surface area contributed by atoms with Crippen LogP contribution in [0.4, 0.5) is 68.2 Å². The molecule has 77 heavy (non-hydrogen) atoms. The van der Waals surface area contributed by atoms with Crippen molar-refractivity contribution in [2.75, 3.05) is 19.6 Å². The summed E-state index contributed by atoms with van der Waals surface area (Å²) in [6.07, 6.45) is 0. The first-order valence-electron chi connectivity index (χ1n) is 26.1. The van der Waals surface area contributed by atoms with E-state index < -0.39 is 0 Å². The topological polar surface area (TPSA) is 26.1 Å². The number of hydrogen-bond acceptors (Lipinski definition) is 5. The van der Waals surface area contributed by atoms with Crippen molar-refractivity contribution in [3.63, 3.8) is 0 Å². The Bertz CT molecular complexity index is 3810. The zero-order valence-electron chi connectivity index (χ0n) is 42.2. The minimum atomic E-state index is 0.827. The molecule has 13 aromatic rings. The lowest BCUT2D eigenvalue weighted by atomic mass is 10.0. The van der Waals surface area contributed by atoms with E-state index in [0.717, 1.165) is 90.2 Å². The predicted molar refractivity (Wildman–Crippen MR) is 323 cm³/mol. The Morgan fingerprint density at radius 2 is 0.390 bits per heavy atom. The third-order valence-electron chi connectivity index (χ3n) is 14.2. The minimum Gasteiger partial charge on any atom is -0.456 e. The molecule has 0 aliphatic carbocycles. The molecular weight excluding hydrogens is 937 g/mol. The second-order valence-corrected chi connectivity index (χ2v) is 19.0. The fourth-order valence-corrected chi connectivity index (χ4v) is 10.5. The summed E-state index contributed by atoms with van der Waals surface area (Å²) in [4.78, 5) is 9.29. The Morgan fingerprint density at radius 1 is 0.169 bits per heavy atom. The molecule has 0 unspecified atom stereocenters. The molecule has 0 aliphatic heterocycles. The lowest BCUT2D eigenvalue weighted by Gasteiger charge is -2.29. The molecular formula is C72H52N4O. The number of rotatable bonds is 14. The Balaban J connectivity index is 0.868. The molecule has 0 spiro atoms. The summed E-state index contributed by atoms with van der Waals surface area (Å²) in [5, 5.41) is 2.06. The first kappa shape index (κ1) is 46.4. The van der Waals surface area contributed by atoms with Crippen molar-refractivity contribution >= 4 is 90.2 Å². The van der Waals surface area contributed by atoms with E-state index in [-0.39, 0.29) is 0 Å². The Hall–Kier alpha value is -10.4. The standard InChI is InChI=1S/C72H52N4O/c1-7-21-53(22-8-1)55-25-19-35-65(49-55)73(57-27-11-3-12-28-57)61-37-41-63(42-38-61)75(59-31-15-5-16-32-59)67-45-47-71-69(51-67)70-52-68(46-48-72(70)77-71)76(60-33-17-6-18-34-60)64-43-39-62(40-44-64)74(58-29-13-4-14-30-58)66-36-20-26-56(50-66)54-23-9-2-10-24-54/h1-52H. The number of nitrogens with zero attached hydrogens (tertiary/aromatic N) is 4. The molecule has 0 fully saturated rings. The largest absolute Gasteiger partial charge is 0.456 e. The number of furan rings is 1. The van der Waals surface area contributed by atoms with Crippen LogP contribution in [-0.2, 0) is 0 Å². The number of para-hydroxylation sites is 4. The predicted octanol–water partition coefficient (Wildman–Crippen LogP) is 20.8. The van der Waals surface area contributed by atoms with Crippen LogP contribution in [0.3, 0.4) is 0 Å². The molecule has 366 valence electrons. The lowest BCUT2D eigenvalue weighted by Crippen LogP contribution is -2.12. The van der Waals surface area contributed by atoms with Gasteiger partial charge in [-0.2, -0.15) is 0 Å². The van der Waals surface area contributed by atoms with E-state index >= 15 is 0 Å². The highest BCUT2D eigenvalue weighted by Gasteiger charge is 2.21. The first-order chi connectivity index (χ1) is 38.2. The minimum absolute atomic E-state index is 0.827. The SMILES string of the molecule is c1ccc(-c2cccc(N(c3ccccc3)c3ccc(N(c4ccccc4)c4ccc5oc6ccc(N(c7ccccc7)c7ccc(N(c8ccccc8)c8cccc(-c9ccccc9)c8)cc7)cc6c5c4)cc3)c2)cc1. The van der Waals surface area contributed by atoms with Crippen LogP contribution in [0.2, 0.25) is 0 Å². The van der Waals surface area contributed by atoms with Crippen molar-refractivity contribution in [2.24, 2.45) is 0 Å². The molecule has 0 atom stereocenters. The van der Waals surface area contributed by atoms with Gasteiger partial charge in [0.25, 0.3) is 0 Å². The molecule has 0 N–H and O–H groups in total. The number of fused-ring (bicyclic) bond motifs is 3. The van der Waals surface area contributed by atoms with Gasteiger partial charge in [0.1, 0.15) is 11.2 Å². The van der Waals surface area contributed by atoms with E-state index in [9.17, 15) is 0 Å². The van der Waals surface area contributed by atoms with Gasteiger partial charge in [-0.15, -0.1) is 0 Å². The number of hydrogen-bond donors (Lipinski definition) is 0. The van der Waals surface area contributed by atoms with E-state index in [1.807, 2.05) is 0 Å². The first-order valence-corrected chi connectivity index (χ1v) is 26.1. The Morgan fingerprint density at radius 3 is 0.688 bits per heavy atom. The van der Waals surface area contributed by atoms with E-state index in [1.165, 1.54) is 22.3 Å². The molecule has 0 bridgehead atoms. The molecule has 0 radical (unpaired) electrons. The smallest absolute Gasteiger partial charge is 0.135 e. The molecule has 5 heteroatoms. The molecule has 0 saturated heterocycles. The summed E-state index contributed by atoms with van der Waals surface area (Å²) in [7, 11) is 0. The third-order valence-corrected chi connectivity index (χ3v) is 14.2. The number of anilines is 12. The van der Waals surface area contributed by atoms with Crippen LogP contribution in [0.25, 0.3) is 44.2 Å². The maximum absolute atomic E-state index is 6.62. The monoisotopic (exact) mass is 988 g/mol. The second kappa shape index (κ2) is 20.9. The summed E-state index contributed by atoms with van der Waals surface area (Å²) in [5.74, 6) is 0. The highest BCUT2D eigenvalue weighted by Crippen LogP contribution is 2.45. The van der Waals surface area contributed by atoms with Crippen molar-refractivity contribution in [1.29, 1.82) is 0 Å². The summed E-state index contributed by atoms with van der Waals surface area (Å²) < 4.78 is 6.62. The van der Waals surface area contributed by atoms with E-state index in [2.05, 4.69) is 335 Å². The highest BCUT2D eigenvalue weighted by atomic mass is 16.3. The van der Waals surface area contributed by atoms with Gasteiger partial charge >= 0.3 is 0 Å². The molecule has 1 heterocycles. The fourth-order valence-electron chi connectivity index (χ4n) is 10.5. The van der Waals surface area contributed by atoms with Crippen LogP contribution in [-0.4, -0.2) is 0 Å². The van der Waals surface area contributed by atoms with Crippen LogP contribution in [0.5, 0.6) is 0 Å². The van der Waals surface area contributed by atoms with Crippen LogP contribution in [0.15, 0.2) is 320 Å². The summed E-state index contributed by atoms with van der Waals surface area (Å²) in [5.41, 5.74) is 19.0. The van der Waals surface area contributed by atoms with Crippen molar-refractivity contribution in [3.05, 3.63) is 315 Å². The van der Waals surface area contributed by atoms with Crippen LogP contribution in [0.1, 0.15) is 0 Å². The summed E-state index contributed by atoms with van der Waals surface area (Å²) >= 11 is 0. The second-order valence-electron chi connectivity index (χ2n) is 19.0. The molecule has 0 amide bonds. The summed E-state index contributed by atoms with van der Waals surface area (Å²) in [6.45, 7) is 0. The average molecular weight is 989 g/mol. The fraction of sp³-hybridized carbons (Fsp3) is 0. The number of benzene rings is 12. The van der Waals surface area contributed by atoms with Gasteiger partial charge in [-0.3, -0.25) is 0 Å². The maximum atomic E-state index is 6.62. The van der Waals surface area contributed by atoms with E-state index in [4.69, 9.17) is 4.42 Å². The molecule has 0 saturated carbocycles.